The fourth-order valence-corrected chi connectivity index (χ4v) is 5.37. The lowest BCUT2D eigenvalue weighted by molar-refractivity contribution is -0.118. The minimum absolute atomic E-state index is 0.0597. The molecule has 0 bridgehead atoms. The summed E-state index contributed by atoms with van der Waals surface area (Å²) in [6, 6.07) is 7.70. The Hall–Kier alpha value is -3.31. The summed E-state index contributed by atoms with van der Waals surface area (Å²) >= 11 is 0. The highest BCUT2D eigenvalue weighted by Gasteiger charge is 2.33. The maximum Gasteiger partial charge on any atom is 0.283 e. The predicted molar refractivity (Wildman–Crippen MR) is 142 cm³/mol. The molecule has 3 aromatic rings. The van der Waals surface area contributed by atoms with Crippen molar-refractivity contribution in [2.75, 3.05) is 21.2 Å². The van der Waals surface area contributed by atoms with E-state index in [0.29, 0.717) is 28.1 Å². The first-order valence-electron chi connectivity index (χ1n) is 12.6. The van der Waals surface area contributed by atoms with Gasteiger partial charge in [-0.1, -0.05) is 13.8 Å². The first kappa shape index (κ1) is 27.7. The van der Waals surface area contributed by atoms with Gasteiger partial charge in [-0.2, -0.15) is 13.5 Å². The van der Waals surface area contributed by atoms with Crippen LogP contribution >= 0.6 is 0 Å². The number of ether oxygens (including phenoxy) is 1. The van der Waals surface area contributed by atoms with Gasteiger partial charge in [0.25, 0.3) is 10.0 Å². The Kier molecular flexibility index (Phi) is 7.89. The number of sulfonamides is 1. The van der Waals surface area contributed by atoms with E-state index in [9.17, 15) is 17.6 Å². The highest BCUT2D eigenvalue weighted by Crippen LogP contribution is 2.38. The van der Waals surface area contributed by atoms with Gasteiger partial charge in [-0.3, -0.25) is 9.48 Å². The van der Waals surface area contributed by atoms with Crippen molar-refractivity contribution in [3.8, 4) is 17.0 Å². The van der Waals surface area contributed by atoms with E-state index in [4.69, 9.17) is 4.74 Å². The average molecular weight is 544 g/mol. The number of aromatic nitrogens is 3. The van der Waals surface area contributed by atoms with E-state index in [1.807, 2.05) is 39.8 Å². The van der Waals surface area contributed by atoms with Crippen molar-refractivity contribution >= 4 is 15.9 Å². The highest BCUT2D eigenvalue weighted by atomic mass is 32.2. The number of pyridine rings is 1. The monoisotopic (exact) mass is 543 g/mol. The van der Waals surface area contributed by atoms with Crippen LogP contribution in [0.25, 0.3) is 11.1 Å². The van der Waals surface area contributed by atoms with Crippen LogP contribution in [-0.4, -0.2) is 55.2 Å². The molecule has 0 saturated heterocycles. The number of hydrogen-bond donors (Lipinski definition) is 1. The third-order valence-corrected chi connectivity index (χ3v) is 8.07. The van der Waals surface area contributed by atoms with E-state index >= 15 is 0 Å². The number of hydrogen-bond acceptors (Lipinski definition) is 7. The summed E-state index contributed by atoms with van der Waals surface area (Å²) in [5.74, 6) is -0.963. The first-order valence-corrected chi connectivity index (χ1v) is 14.0. The Labute approximate surface area is 223 Å². The molecule has 0 radical (unpaired) electrons. The molecule has 4 rings (SSSR count). The zero-order valence-electron chi connectivity index (χ0n) is 22.5. The minimum atomic E-state index is -4.23. The number of amides is 1. The summed E-state index contributed by atoms with van der Waals surface area (Å²) in [6.45, 7) is 5.76. The number of nitrogens with zero attached hydrogens (tertiary/aromatic N) is 4. The fraction of sp³-hybridized carbons (Fsp3) is 0.444. The van der Waals surface area contributed by atoms with Gasteiger partial charge < -0.3 is 9.64 Å². The number of carbonyl (C=O) groups excluding carboxylic acids is 1. The Balaban J connectivity index is 1.67. The van der Waals surface area contributed by atoms with Crippen molar-refractivity contribution in [2.24, 2.45) is 0 Å². The smallest absolute Gasteiger partial charge is 0.283 e. The van der Waals surface area contributed by atoms with Gasteiger partial charge in [0, 0.05) is 24.4 Å². The van der Waals surface area contributed by atoms with Crippen molar-refractivity contribution in [1.29, 1.82) is 0 Å². The number of carbonyl (C=O) groups is 1. The number of rotatable bonds is 10. The molecular weight excluding hydrogens is 509 g/mol. The number of halogens is 1. The molecule has 2 heterocycles. The quantitative estimate of drug-likeness (QED) is 0.408. The molecule has 1 aromatic carbocycles. The summed E-state index contributed by atoms with van der Waals surface area (Å²) in [5, 5.41) is 4.17. The van der Waals surface area contributed by atoms with Crippen LogP contribution in [0.2, 0.25) is 0 Å². The Morgan fingerprint density at radius 3 is 2.53 bits per heavy atom. The van der Waals surface area contributed by atoms with E-state index in [-0.39, 0.29) is 29.4 Å². The molecule has 1 aliphatic rings. The second-order valence-electron chi connectivity index (χ2n) is 10.2. The van der Waals surface area contributed by atoms with Gasteiger partial charge in [0.05, 0.1) is 25.3 Å². The van der Waals surface area contributed by atoms with Crippen LogP contribution in [0.4, 0.5) is 4.39 Å². The highest BCUT2D eigenvalue weighted by molar-refractivity contribution is 7.90. The molecule has 2 aromatic heterocycles. The lowest BCUT2D eigenvalue weighted by atomic mass is 9.88. The van der Waals surface area contributed by atoms with Crippen LogP contribution in [0.3, 0.4) is 0 Å². The molecule has 1 atom stereocenters. The second-order valence-corrected chi connectivity index (χ2v) is 11.8. The molecule has 11 heteroatoms. The SMILES string of the molecule is COc1cc(-c2cc(F)cc(C(C)C)c2CC(=O)NS(=O)(=O)c2cc(C(C)N(C)C)n(C3CC3)n2)ccn1. The van der Waals surface area contributed by atoms with Gasteiger partial charge in [0.2, 0.25) is 11.8 Å². The van der Waals surface area contributed by atoms with E-state index < -0.39 is 21.7 Å². The van der Waals surface area contributed by atoms with Crippen molar-refractivity contribution in [2.45, 2.75) is 63.1 Å². The van der Waals surface area contributed by atoms with E-state index in [0.717, 1.165) is 18.5 Å². The lowest BCUT2D eigenvalue weighted by Gasteiger charge is -2.20. The molecule has 204 valence electrons. The van der Waals surface area contributed by atoms with Gasteiger partial charge in [-0.15, -0.1) is 0 Å². The van der Waals surface area contributed by atoms with Crippen molar-refractivity contribution in [1.82, 2.24) is 24.4 Å². The minimum Gasteiger partial charge on any atom is -0.481 e. The van der Waals surface area contributed by atoms with Crippen LogP contribution in [0, 0.1) is 5.82 Å². The van der Waals surface area contributed by atoms with Crippen molar-refractivity contribution in [3.63, 3.8) is 0 Å². The zero-order chi connectivity index (χ0) is 27.8. The molecule has 38 heavy (non-hydrogen) atoms. The summed E-state index contributed by atoms with van der Waals surface area (Å²) in [4.78, 5) is 19.3. The molecule has 1 amide bonds. The summed E-state index contributed by atoms with van der Waals surface area (Å²) in [6.07, 6.45) is 3.14. The largest absolute Gasteiger partial charge is 0.481 e. The summed E-state index contributed by atoms with van der Waals surface area (Å²) < 4.78 is 50.3. The number of benzene rings is 1. The third-order valence-electron chi connectivity index (χ3n) is 6.82. The van der Waals surface area contributed by atoms with Gasteiger partial charge in [-0.05, 0) is 80.2 Å². The van der Waals surface area contributed by atoms with Crippen LogP contribution in [-0.2, 0) is 21.2 Å². The zero-order valence-corrected chi connectivity index (χ0v) is 23.3. The van der Waals surface area contributed by atoms with E-state index in [1.54, 1.807) is 16.8 Å². The van der Waals surface area contributed by atoms with Gasteiger partial charge in [-0.25, -0.2) is 14.1 Å². The van der Waals surface area contributed by atoms with E-state index in [1.165, 1.54) is 31.5 Å². The topological polar surface area (TPSA) is 106 Å². The van der Waals surface area contributed by atoms with Gasteiger partial charge in [0.15, 0.2) is 5.03 Å². The molecule has 9 nitrogen and oxygen atoms in total. The normalized spacial score (nSPS) is 14.7. The molecule has 1 saturated carbocycles. The molecule has 1 aliphatic carbocycles. The Bertz CT molecular complexity index is 1450. The molecule has 1 fully saturated rings. The fourth-order valence-electron chi connectivity index (χ4n) is 4.42. The van der Waals surface area contributed by atoms with Crippen LogP contribution in [0.5, 0.6) is 5.88 Å². The Morgan fingerprint density at radius 2 is 1.92 bits per heavy atom. The summed E-state index contributed by atoms with van der Waals surface area (Å²) in [5.41, 5.74) is 3.01. The molecule has 1 unspecified atom stereocenters. The maximum absolute atomic E-state index is 14.6. The van der Waals surface area contributed by atoms with Gasteiger partial charge >= 0.3 is 0 Å². The van der Waals surface area contributed by atoms with Crippen LogP contribution < -0.4 is 9.46 Å². The molecular formula is C27H34FN5O4S. The molecule has 1 N–H and O–H groups in total. The standard InChI is InChI=1S/C27H34FN5O4S/c1-16(2)21-12-19(28)13-22(18-9-10-29-26(11-18)37-6)23(21)14-25(34)31-38(35,36)27-15-24(17(3)32(4)5)33(30-27)20-7-8-20/h9-13,15-17,20H,7-8,14H2,1-6H3,(H,31,34). The molecule has 0 spiro atoms. The first-order chi connectivity index (χ1) is 17.9. The number of methoxy groups -OCH3 is 1. The third kappa shape index (κ3) is 5.88. The van der Waals surface area contributed by atoms with Crippen LogP contribution in [0.1, 0.15) is 68.4 Å². The average Bonchev–Trinajstić information content (AvgIpc) is 3.60. The second kappa shape index (κ2) is 10.8. The van der Waals surface area contributed by atoms with Crippen LogP contribution in [0.15, 0.2) is 41.6 Å². The van der Waals surface area contributed by atoms with Crippen molar-refractivity contribution < 1.29 is 22.3 Å². The number of nitrogens with one attached hydrogen (secondary N) is 1. The summed E-state index contributed by atoms with van der Waals surface area (Å²) in [7, 11) is 1.07. The lowest BCUT2D eigenvalue weighted by Crippen LogP contribution is -2.32. The Morgan fingerprint density at radius 1 is 1.21 bits per heavy atom. The molecule has 0 aliphatic heterocycles. The van der Waals surface area contributed by atoms with E-state index in [2.05, 4.69) is 14.8 Å². The van der Waals surface area contributed by atoms with Gasteiger partial charge in [0.1, 0.15) is 5.82 Å². The van der Waals surface area contributed by atoms with Crippen molar-refractivity contribution in [3.05, 3.63) is 59.2 Å². The predicted octanol–water partition coefficient (Wildman–Crippen LogP) is 4.22. The maximum atomic E-state index is 14.6.